The van der Waals surface area contributed by atoms with Crippen LogP contribution < -0.4 is 26.4 Å². The number of nitrogens with zero attached hydrogens (tertiary/aromatic N) is 3. The predicted molar refractivity (Wildman–Crippen MR) is 161 cm³/mol. The number of methoxy groups -OCH3 is 1. The molecule has 42 heavy (non-hydrogen) atoms. The Morgan fingerprint density at radius 2 is 2.00 bits per heavy atom. The van der Waals surface area contributed by atoms with Crippen LogP contribution in [0.1, 0.15) is 30.1 Å². The number of hydrogen-bond donors (Lipinski definition) is 4. The van der Waals surface area contributed by atoms with E-state index in [0.29, 0.717) is 39.4 Å². The number of benzene rings is 2. The van der Waals surface area contributed by atoms with E-state index >= 15 is 0 Å². The summed E-state index contributed by atoms with van der Waals surface area (Å²) in [6.45, 7) is 4.62. The number of anilines is 3. The lowest BCUT2D eigenvalue weighted by Crippen LogP contribution is -2.41. The number of rotatable bonds is 9. The van der Waals surface area contributed by atoms with Crippen molar-refractivity contribution in [2.45, 2.75) is 25.8 Å². The average Bonchev–Trinajstić information content (AvgIpc) is 3.73. The summed E-state index contributed by atoms with van der Waals surface area (Å²) in [7, 11) is 1.47. The number of likely N-dealkylation sites (N-methyl/N-ethyl adjacent to an activating group) is 1. The van der Waals surface area contributed by atoms with Crippen LogP contribution in [0.25, 0.3) is 21.1 Å². The van der Waals surface area contributed by atoms with Crippen molar-refractivity contribution in [3.8, 4) is 26.9 Å². The summed E-state index contributed by atoms with van der Waals surface area (Å²) in [5, 5.41) is 10.4. The van der Waals surface area contributed by atoms with Crippen molar-refractivity contribution >= 4 is 51.2 Å². The fourth-order valence-electron chi connectivity index (χ4n) is 4.73. The van der Waals surface area contributed by atoms with Gasteiger partial charge in [-0.05, 0) is 50.2 Å². The van der Waals surface area contributed by atoms with E-state index in [4.69, 9.17) is 10.5 Å². The van der Waals surface area contributed by atoms with Gasteiger partial charge in [-0.2, -0.15) is 0 Å². The zero-order valence-electron chi connectivity index (χ0n) is 22.9. The molecule has 4 aromatic rings. The van der Waals surface area contributed by atoms with Crippen LogP contribution in [0.5, 0.6) is 5.75 Å². The minimum absolute atomic E-state index is 0.00584. The molecule has 0 aliphatic carbocycles. The number of hydrogen-bond acceptors (Lipinski definition) is 9. The highest BCUT2D eigenvalue weighted by Gasteiger charge is 2.24. The number of aromatic nitrogens is 2. The second-order valence-electron chi connectivity index (χ2n) is 9.53. The van der Waals surface area contributed by atoms with Gasteiger partial charge in [0.05, 0.1) is 18.5 Å². The number of amides is 3. The van der Waals surface area contributed by atoms with Crippen molar-refractivity contribution < 1.29 is 23.1 Å². The highest BCUT2D eigenvalue weighted by Crippen LogP contribution is 2.39. The van der Waals surface area contributed by atoms with Crippen molar-refractivity contribution in [2.75, 3.05) is 43.1 Å². The van der Waals surface area contributed by atoms with Gasteiger partial charge < -0.3 is 21.1 Å². The maximum absolute atomic E-state index is 14.8. The zero-order chi connectivity index (χ0) is 29.8. The first kappa shape index (κ1) is 29.4. The molecule has 0 radical (unpaired) electrons. The number of carbonyl (C=O) groups excluding carboxylic acids is 2. The predicted octanol–water partition coefficient (Wildman–Crippen LogP) is 5.66. The van der Waals surface area contributed by atoms with Crippen molar-refractivity contribution in [3.05, 3.63) is 59.0 Å². The molecule has 3 amide bonds. The van der Waals surface area contributed by atoms with Crippen LogP contribution in [-0.2, 0) is 0 Å². The normalized spacial score (nSPS) is 15.0. The van der Waals surface area contributed by atoms with Gasteiger partial charge in [-0.15, -0.1) is 11.3 Å². The van der Waals surface area contributed by atoms with Crippen LogP contribution in [0.2, 0.25) is 0 Å². The first-order valence-electron chi connectivity index (χ1n) is 13.2. The van der Waals surface area contributed by atoms with Gasteiger partial charge in [0.2, 0.25) is 0 Å². The number of nitrogens with one attached hydrogen (secondary N) is 3. The lowest BCUT2D eigenvalue weighted by atomic mass is 10.1. The lowest BCUT2D eigenvalue weighted by Gasteiger charge is -2.22. The van der Waals surface area contributed by atoms with E-state index in [1.165, 1.54) is 30.6 Å². The van der Waals surface area contributed by atoms with E-state index in [2.05, 4.69) is 37.7 Å². The number of urea groups is 1. The van der Waals surface area contributed by atoms with Gasteiger partial charge in [0.15, 0.2) is 5.13 Å². The molecule has 1 aliphatic rings. The Balaban J connectivity index is 1.29. The largest absolute Gasteiger partial charge is 0.497 e. The summed E-state index contributed by atoms with van der Waals surface area (Å²) < 4.78 is 34.6. The van der Waals surface area contributed by atoms with Crippen LogP contribution in [0.15, 0.2) is 41.8 Å². The molecule has 0 saturated carbocycles. The van der Waals surface area contributed by atoms with Crippen molar-refractivity contribution in [1.82, 2.24) is 20.2 Å². The van der Waals surface area contributed by atoms with Crippen LogP contribution in [0.4, 0.5) is 30.2 Å². The first-order chi connectivity index (χ1) is 20.2. The monoisotopic (exact) mass is 613 g/mol. The summed E-state index contributed by atoms with van der Waals surface area (Å²) in [5.41, 5.74) is 6.38. The van der Waals surface area contributed by atoms with Gasteiger partial charge in [0, 0.05) is 35.2 Å². The third-order valence-electron chi connectivity index (χ3n) is 6.89. The Labute approximate surface area is 248 Å². The van der Waals surface area contributed by atoms with Gasteiger partial charge in [0.1, 0.15) is 33.1 Å². The Hall–Kier alpha value is -4.14. The number of nitrogens with two attached hydrogens (primary N) is 1. The number of carbonyl (C=O) groups is 2. The fourth-order valence-corrected chi connectivity index (χ4v) is 6.53. The van der Waals surface area contributed by atoms with Gasteiger partial charge in [0.25, 0.3) is 5.91 Å². The van der Waals surface area contributed by atoms with Gasteiger partial charge >= 0.3 is 6.03 Å². The maximum Gasteiger partial charge on any atom is 0.321 e. The Bertz CT molecular complexity index is 1610. The molecule has 1 saturated heterocycles. The molecule has 0 bridgehead atoms. The summed E-state index contributed by atoms with van der Waals surface area (Å²) in [5.74, 6) is -1.73. The number of likely N-dealkylation sites (tertiary alicyclic amines) is 1. The van der Waals surface area contributed by atoms with Crippen molar-refractivity contribution in [3.63, 3.8) is 0 Å². The Kier molecular flexibility index (Phi) is 8.94. The molecular formula is C28H29F2N7O3S2. The van der Waals surface area contributed by atoms with Crippen molar-refractivity contribution in [2.24, 2.45) is 0 Å². The molecule has 1 atom stereocenters. The van der Waals surface area contributed by atoms with Gasteiger partial charge in [-0.3, -0.25) is 15.0 Å². The molecule has 14 heteroatoms. The van der Waals surface area contributed by atoms with Crippen LogP contribution in [-0.4, -0.2) is 59.6 Å². The average molecular weight is 614 g/mol. The lowest BCUT2D eigenvalue weighted by molar-refractivity contribution is 0.102. The Morgan fingerprint density at radius 3 is 2.79 bits per heavy atom. The number of ether oxygens (including phenoxy) is 1. The molecule has 5 rings (SSSR count). The molecule has 10 nitrogen and oxygen atoms in total. The SMILES string of the molecule is CCN1CCCC1CNC(=O)Nc1nc(N)c(-c2nc(-c3cc(NC(=O)c4cccc(OC)c4)c(F)cc3F)cs2)s1. The van der Waals surface area contributed by atoms with Gasteiger partial charge in [-0.1, -0.05) is 24.3 Å². The summed E-state index contributed by atoms with van der Waals surface area (Å²) >= 11 is 2.33. The standard InChI is InChI=1S/C28H29F2N7O3S2/c1-3-37-9-5-7-16(37)13-32-27(39)36-28-35-24(31)23(42-28)26-34-22(14-41-26)18-11-21(20(30)12-19(18)29)33-25(38)15-6-4-8-17(10-15)40-2/h4,6,8,10-12,14,16H,3,5,7,9,13,31H2,1-2H3,(H,33,38)(H2,32,35,36,39). The zero-order valence-corrected chi connectivity index (χ0v) is 24.5. The van der Waals surface area contributed by atoms with Gasteiger partial charge in [-0.25, -0.2) is 23.5 Å². The van der Waals surface area contributed by atoms with Crippen molar-refractivity contribution in [1.29, 1.82) is 0 Å². The van der Waals surface area contributed by atoms with Crippen LogP contribution in [0, 0.1) is 11.6 Å². The highest BCUT2D eigenvalue weighted by molar-refractivity contribution is 7.23. The van der Waals surface area contributed by atoms with Crippen LogP contribution in [0.3, 0.4) is 0 Å². The Morgan fingerprint density at radius 1 is 1.17 bits per heavy atom. The smallest absolute Gasteiger partial charge is 0.321 e. The molecule has 5 N–H and O–H groups in total. The highest BCUT2D eigenvalue weighted by atomic mass is 32.1. The van der Waals surface area contributed by atoms with E-state index in [-0.39, 0.29) is 34.4 Å². The molecule has 0 spiro atoms. The molecule has 2 aromatic heterocycles. The topological polar surface area (TPSA) is 134 Å². The number of nitrogen functional groups attached to an aromatic ring is 1. The number of thiazole rings is 2. The molecule has 1 fully saturated rings. The summed E-state index contributed by atoms with van der Waals surface area (Å²) in [4.78, 5) is 36.7. The minimum atomic E-state index is -0.932. The van der Waals surface area contributed by atoms with E-state index in [9.17, 15) is 18.4 Å². The minimum Gasteiger partial charge on any atom is -0.497 e. The second-order valence-corrected chi connectivity index (χ2v) is 11.4. The maximum atomic E-state index is 14.8. The summed E-state index contributed by atoms with van der Waals surface area (Å²) in [6.07, 6.45) is 2.16. The molecule has 1 unspecified atom stereocenters. The first-order valence-corrected chi connectivity index (χ1v) is 14.9. The molecule has 3 heterocycles. The quantitative estimate of drug-likeness (QED) is 0.191. The van der Waals surface area contributed by atoms with E-state index < -0.39 is 17.5 Å². The molecular weight excluding hydrogens is 584 g/mol. The van der Waals surface area contributed by atoms with E-state index in [1.54, 1.807) is 23.6 Å². The number of halogens is 2. The third-order valence-corrected chi connectivity index (χ3v) is 8.87. The molecule has 1 aliphatic heterocycles. The van der Waals surface area contributed by atoms with Crippen LogP contribution >= 0.6 is 22.7 Å². The fraction of sp³-hybridized carbons (Fsp3) is 0.286. The van der Waals surface area contributed by atoms with E-state index in [0.717, 1.165) is 37.3 Å². The third kappa shape index (κ3) is 6.50. The van der Waals surface area contributed by atoms with E-state index in [1.807, 2.05) is 0 Å². The molecule has 2 aromatic carbocycles. The summed E-state index contributed by atoms with van der Waals surface area (Å²) in [6, 6.07) is 8.19. The molecule has 220 valence electrons. The second kappa shape index (κ2) is 12.8.